The zero-order valence-electron chi connectivity index (χ0n) is 7.06. The molecule has 0 amide bonds. The van der Waals surface area contributed by atoms with Crippen LogP contribution in [0.15, 0.2) is 5.11 Å². The highest BCUT2D eigenvalue weighted by Crippen LogP contribution is 2.24. The minimum atomic E-state index is -2.00. The second-order valence-corrected chi connectivity index (χ2v) is 2.88. The van der Waals surface area contributed by atoms with Gasteiger partial charge in [-0.05, 0) is 5.53 Å². The molecule has 0 aromatic heterocycles. The molecule has 80 valence electrons. The molecule has 0 aromatic carbocycles. The summed E-state index contributed by atoms with van der Waals surface area (Å²) in [6.07, 6.45) is -7.91. The number of ether oxygens (including phenoxy) is 1. The molecular formula is C6H10FN3O4. The van der Waals surface area contributed by atoms with Gasteiger partial charge in [0.15, 0.2) is 12.4 Å². The molecule has 3 N–H and O–H groups in total. The van der Waals surface area contributed by atoms with Gasteiger partial charge in [-0.25, -0.2) is 4.39 Å². The predicted octanol–water partition coefficient (Wildman–Crippen LogP) is -0.926. The third-order valence-electron chi connectivity index (χ3n) is 1.99. The van der Waals surface area contributed by atoms with Gasteiger partial charge in [0.05, 0.1) is 6.61 Å². The second-order valence-electron chi connectivity index (χ2n) is 2.88. The number of nitrogens with zero attached hydrogens (tertiary/aromatic N) is 3. The van der Waals surface area contributed by atoms with E-state index in [9.17, 15) is 9.50 Å². The van der Waals surface area contributed by atoms with Crippen molar-refractivity contribution in [2.24, 2.45) is 5.11 Å². The first kappa shape index (κ1) is 11.2. The number of azide groups is 1. The third-order valence-corrected chi connectivity index (χ3v) is 1.99. The number of aliphatic hydroxyl groups excluding tert-OH is 3. The molecule has 0 aromatic rings. The molecule has 5 atom stereocenters. The molecule has 1 saturated heterocycles. The maximum atomic E-state index is 13.1. The molecule has 1 aliphatic rings. The number of aliphatic hydroxyl groups is 3. The van der Waals surface area contributed by atoms with E-state index in [1.807, 2.05) is 0 Å². The van der Waals surface area contributed by atoms with Crippen LogP contribution in [-0.4, -0.2) is 52.6 Å². The lowest BCUT2D eigenvalue weighted by atomic mass is 10.00. The Bertz CT molecular complexity index is 245. The van der Waals surface area contributed by atoms with Crippen molar-refractivity contribution >= 4 is 0 Å². The van der Waals surface area contributed by atoms with Gasteiger partial charge in [0, 0.05) is 4.91 Å². The largest absolute Gasteiger partial charge is 0.394 e. The fourth-order valence-electron chi connectivity index (χ4n) is 1.20. The zero-order valence-corrected chi connectivity index (χ0v) is 7.06. The summed E-state index contributed by atoms with van der Waals surface area (Å²) in [7, 11) is 0. The van der Waals surface area contributed by atoms with Crippen molar-refractivity contribution in [3.8, 4) is 0 Å². The van der Waals surface area contributed by atoms with Gasteiger partial charge >= 0.3 is 0 Å². The molecular weight excluding hydrogens is 197 g/mol. The van der Waals surface area contributed by atoms with E-state index in [-0.39, 0.29) is 0 Å². The summed E-state index contributed by atoms with van der Waals surface area (Å²) < 4.78 is 17.8. The summed E-state index contributed by atoms with van der Waals surface area (Å²) in [5.41, 5.74) is 8.05. The lowest BCUT2D eigenvalue weighted by Crippen LogP contribution is -2.56. The average molecular weight is 207 g/mol. The van der Waals surface area contributed by atoms with Gasteiger partial charge in [0.25, 0.3) is 0 Å². The van der Waals surface area contributed by atoms with E-state index < -0.39 is 37.3 Å². The summed E-state index contributed by atoms with van der Waals surface area (Å²) in [4.78, 5) is 2.32. The second kappa shape index (κ2) is 4.54. The highest BCUT2D eigenvalue weighted by atomic mass is 19.1. The lowest BCUT2D eigenvalue weighted by molar-refractivity contribution is -0.210. The first-order valence-corrected chi connectivity index (χ1v) is 3.92. The minimum absolute atomic E-state index is 0.595. The third kappa shape index (κ3) is 1.94. The highest BCUT2D eigenvalue weighted by Gasteiger charge is 2.44. The van der Waals surface area contributed by atoms with Crippen molar-refractivity contribution in [2.75, 3.05) is 6.61 Å². The summed E-state index contributed by atoms with van der Waals surface area (Å²) >= 11 is 0. The van der Waals surface area contributed by atoms with E-state index >= 15 is 0 Å². The van der Waals surface area contributed by atoms with Crippen LogP contribution in [-0.2, 0) is 4.74 Å². The first-order valence-electron chi connectivity index (χ1n) is 3.92. The van der Waals surface area contributed by atoms with Gasteiger partial charge in [-0.15, -0.1) is 0 Å². The molecule has 2 unspecified atom stereocenters. The van der Waals surface area contributed by atoms with E-state index in [0.717, 1.165) is 0 Å². The van der Waals surface area contributed by atoms with Crippen LogP contribution in [0.5, 0.6) is 0 Å². The Balaban J connectivity index is 2.77. The maximum absolute atomic E-state index is 13.1. The van der Waals surface area contributed by atoms with Crippen molar-refractivity contribution in [1.29, 1.82) is 0 Å². The van der Waals surface area contributed by atoms with E-state index in [0.29, 0.717) is 0 Å². The van der Waals surface area contributed by atoms with E-state index in [1.165, 1.54) is 0 Å². The molecule has 8 heteroatoms. The molecule has 14 heavy (non-hydrogen) atoms. The smallest absolute Gasteiger partial charge is 0.170 e. The van der Waals surface area contributed by atoms with Gasteiger partial charge in [-0.2, -0.15) is 0 Å². The molecule has 1 heterocycles. The fourth-order valence-corrected chi connectivity index (χ4v) is 1.20. The van der Waals surface area contributed by atoms with Crippen LogP contribution >= 0.6 is 0 Å². The van der Waals surface area contributed by atoms with Gasteiger partial charge in [0.1, 0.15) is 18.3 Å². The van der Waals surface area contributed by atoms with Crippen molar-refractivity contribution in [2.45, 2.75) is 30.7 Å². The van der Waals surface area contributed by atoms with E-state index in [1.54, 1.807) is 0 Å². The summed E-state index contributed by atoms with van der Waals surface area (Å²) in [5.74, 6) is 0. The quantitative estimate of drug-likeness (QED) is 0.308. The van der Waals surface area contributed by atoms with Crippen molar-refractivity contribution in [3.63, 3.8) is 0 Å². The summed E-state index contributed by atoms with van der Waals surface area (Å²) in [6, 6.07) is 0. The number of halogens is 1. The van der Waals surface area contributed by atoms with E-state index in [4.69, 9.17) is 20.5 Å². The number of hydrogen-bond donors (Lipinski definition) is 3. The number of hydrogen-bond acceptors (Lipinski definition) is 5. The van der Waals surface area contributed by atoms with Crippen LogP contribution in [0.1, 0.15) is 0 Å². The molecule has 0 saturated carbocycles. The molecule has 0 bridgehead atoms. The zero-order chi connectivity index (χ0) is 10.7. The predicted molar refractivity (Wildman–Crippen MR) is 41.8 cm³/mol. The lowest BCUT2D eigenvalue weighted by Gasteiger charge is -2.36. The van der Waals surface area contributed by atoms with Crippen LogP contribution in [0.4, 0.5) is 4.39 Å². The molecule has 1 aliphatic heterocycles. The highest BCUT2D eigenvalue weighted by molar-refractivity contribution is 4.91. The van der Waals surface area contributed by atoms with Crippen molar-refractivity contribution < 1.29 is 24.4 Å². The Labute approximate surface area is 78.4 Å². The molecule has 0 aliphatic carbocycles. The van der Waals surface area contributed by atoms with Crippen molar-refractivity contribution in [1.82, 2.24) is 0 Å². The fraction of sp³-hybridized carbons (Fsp3) is 1.00. The minimum Gasteiger partial charge on any atom is -0.394 e. The monoisotopic (exact) mass is 207 g/mol. The number of alkyl halides is 1. The molecule has 7 nitrogen and oxygen atoms in total. The summed E-state index contributed by atoms with van der Waals surface area (Å²) in [6.45, 7) is -0.595. The van der Waals surface area contributed by atoms with Gasteiger partial charge in [-0.3, -0.25) is 0 Å². The average Bonchev–Trinajstić information content (AvgIpc) is 2.19. The van der Waals surface area contributed by atoms with Crippen LogP contribution < -0.4 is 0 Å². The van der Waals surface area contributed by atoms with Crippen LogP contribution in [0.25, 0.3) is 10.4 Å². The Kier molecular flexibility index (Phi) is 3.62. The van der Waals surface area contributed by atoms with Crippen molar-refractivity contribution in [3.05, 3.63) is 10.4 Å². The Morgan fingerprint density at radius 3 is 2.57 bits per heavy atom. The first-order chi connectivity index (χ1) is 6.61. The normalized spacial score (nSPS) is 43.0. The van der Waals surface area contributed by atoms with Gasteiger partial charge in [-0.1, -0.05) is 5.11 Å². The molecule has 1 fully saturated rings. The van der Waals surface area contributed by atoms with Crippen LogP contribution in [0.3, 0.4) is 0 Å². The van der Waals surface area contributed by atoms with Gasteiger partial charge in [0.2, 0.25) is 0 Å². The Hall–Kier alpha value is -0.920. The molecule has 0 radical (unpaired) electrons. The van der Waals surface area contributed by atoms with Gasteiger partial charge < -0.3 is 20.1 Å². The SMILES string of the molecule is [N-]=[N+]=N[C@@H]1OC(CO)[C@@H](O)C(O)[C@@H]1F. The van der Waals surface area contributed by atoms with E-state index in [2.05, 4.69) is 10.0 Å². The Morgan fingerprint density at radius 1 is 1.43 bits per heavy atom. The summed E-state index contributed by atoms with van der Waals surface area (Å²) in [5, 5.41) is 30.0. The standard InChI is InChI=1S/C6H10FN3O4/c7-3-5(13)4(12)2(1-11)14-6(3)9-10-8/h2-6,11-13H,1H2/t2?,3-,4+,5?,6+/m0/s1. The van der Waals surface area contributed by atoms with Crippen LogP contribution in [0, 0.1) is 0 Å². The molecule has 1 rings (SSSR count). The topological polar surface area (TPSA) is 119 Å². The number of rotatable bonds is 2. The Morgan fingerprint density at radius 2 is 2.07 bits per heavy atom. The van der Waals surface area contributed by atoms with Crippen LogP contribution in [0.2, 0.25) is 0 Å². The maximum Gasteiger partial charge on any atom is 0.170 e. The molecule has 0 spiro atoms.